The molecule has 1 aliphatic carbocycles. The molecule has 1 aliphatic rings. The van der Waals surface area contributed by atoms with Gasteiger partial charge in [-0.1, -0.05) is 81.0 Å². The molecule has 0 saturated heterocycles. The zero-order valence-corrected chi connectivity index (χ0v) is 15.9. The number of benzene rings is 2. The van der Waals surface area contributed by atoms with Gasteiger partial charge in [0.25, 0.3) is 0 Å². The maximum Gasteiger partial charge on any atom is 0.0712 e. The van der Waals surface area contributed by atoms with Gasteiger partial charge < -0.3 is 4.90 Å². The minimum atomic E-state index is 0.209. The summed E-state index contributed by atoms with van der Waals surface area (Å²) in [5, 5.41) is 0. The van der Waals surface area contributed by atoms with Crippen LogP contribution in [0.1, 0.15) is 39.5 Å². The third-order valence-electron chi connectivity index (χ3n) is 4.95. The van der Waals surface area contributed by atoms with Gasteiger partial charge in [-0.05, 0) is 54.7 Å². The van der Waals surface area contributed by atoms with Crippen LogP contribution in [0.2, 0.25) is 0 Å². The number of hydrogen-bond acceptors (Lipinski definition) is 1. The molecule has 1 nitrogen and oxygen atoms in total. The van der Waals surface area contributed by atoms with Gasteiger partial charge in [-0.25, -0.2) is 0 Å². The van der Waals surface area contributed by atoms with E-state index in [1.807, 2.05) is 0 Å². The van der Waals surface area contributed by atoms with Gasteiger partial charge in [-0.2, -0.15) is 0 Å². The minimum Gasteiger partial charge on any atom is -0.331 e. The maximum absolute atomic E-state index is 2.41. The van der Waals surface area contributed by atoms with Crippen LogP contribution in [0.4, 0.5) is 11.4 Å². The Kier molecular flexibility index (Phi) is 6.49. The van der Waals surface area contributed by atoms with Gasteiger partial charge in [0.1, 0.15) is 0 Å². The first kappa shape index (κ1) is 18.3. The number of unbranched alkanes of at least 4 members (excludes halogenated alkanes) is 1. The lowest BCUT2D eigenvalue weighted by Crippen LogP contribution is -2.27. The molecular weight excluding hydrogens is 314 g/mol. The zero-order valence-electron chi connectivity index (χ0n) is 15.9. The summed E-state index contributed by atoms with van der Waals surface area (Å²) >= 11 is 0. The van der Waals surface area contributed by atoms with Crippen LogP contribution >= 0.6 is 0 Å². The van der Waals surface area contributed by atoms with E-state index in [9.17, 15) is 0 Å². The molecule has 0 bridgehead atoms. The van der Waals surface area contributed by atoms with Crippen LogP contribution in [0.5, 0.6) is 0 Å². The highest BCUT2D eigenvalue weighted by molar-refractivity contribution is 5.66. The first-order chi connectivity index (χ1) is 12.8. The smallest absolute Gasteiger partial charge is 0.0712 e. The molecule has 3 rings (SSSR count). The predicted molar refractivity (Wildman–Crippen MR) is 114 cm³/mol. The summed E-state index contributed by atoms with van der Waals surface area (Å²) in [6.07, 6.45) is 14.1. The van der Waals surface area contributed by atoms with Crippen LogP contribution in [0, 0.1) is 0 Å². The van der Waals surface area contributed by atoms with Crippen molar-refractivity contribution in [3.63, 3.8) is 0 Å². The lowest BCUT2D eigenvalue weighted by atomic mass is 10.0. The predicted octanol–water partition coefficient (Wildman–Crippen LogP) is 7.22. The molecule has 2 aromatic carbocycles. The maximum atomic E-state index is 2.41. The lowest BCUT2D eigenvalue weighted by molar-refractivity contribution is 0.790. The Balaban J connectivity index is 1.96. The van der Waals surface area contributed by atoms with E-state index in [0.717, 1.165) is 6.42 Å². The van der Waals surface area contributed by atoms with Gasteiger partial charge in [0.15, 0.2) is 0 Å². The SMILES string of the molecule is CCCCC1=C(CC)C=CC(N(c2ccccc2)c2ccccc2)C=C1. The lowest BCUT2D eigenvalue weighted by Gasteiger charge is -2.30. The van der Waals surface area contributed by atoms with Crippen LogP contribution < -0.4 is 4.90 Å². The van der Waals surface area contributed by atoms with Crippen LogP contribution in [-0.2, 0) is 0 Å². The minimum absolute atomic E-state index is 0.209. The molecule has 0 aliphatic heterocycles. The van der Waals surface area contributed by atoms with Crippen molar-refractivity contribution >= 4 is 11.4 Å². The largest absolute Gasteiger partial charge is 0.331 e. The number of rotatable bonds is 7. The normalized spacial score (nSPS) is 16.6. The van der Waals surface area contributed by atoms with Crippen LogP contribution in [0.15, 0.2) is 96.1 Å². The van der Waals surface area contributed by atoms with Gasteiger partial charge in [0, 0.05) is 11.4 Å². The number of anilines is 2. The molecule has 0 fully saturated rings. The van der Waals surface area contributed by atoms with Gasteiger partial charge in [0.05, 0.1) is 6.04 Å². The van der Waals surface area contributed by atoms with E-state index in [2.05, 4.69) is 104 Å². The molecule has 0 N–H and O–H groups in total. The van der Waals surface area contributed by atoms with Gasteiger partial charge in [-0.15, -0.1) is 0 Å². The van der Waals surface area contributed by atoms with Crippen LogP contribution in [0.3, 0.4) is 0 Å². The summed E-state index contributed by atoms with van der Waals surface area (Å²) in [5.41, 5.74) is 5.40. The molecule has 0 amide bonds. The highest BCUT2D eigenvalue weighted by atomic mass is 15.2. The Morgan fingerprint density at radius 2 is 1.27 bits per heavy atom. The molecule has 1 heteroatoms. The highest BCUT2D eigenvalue weighted by Crippen LogP contribution is 2.31. The van der Waals surface area contributed by atoms with E-state index in [0.29, 0.717) is 0 Å². The quantitative estimate of drug-likeness (QED) is 0.513. The van der Waals surface area contributed by atoms with Crippen molar-refractivity contribution in [1.82, 2.24) is 0 Å². The number of allylic oxidation sites excluding steroid dienone is 4. The summed E-state index contributed by atoms with van der Waals surface area (Å²) in [6.45, 7) is 4.52. The first-order valence-corrected chi connectivity index (χ1v) is 9.81. The van der Waals surface area contributed by atoms with Crippen LogP contribution in [-0.4, -0.2) is 6.04 Å². The highest BCUT2D eigenvalue weighted by Gasteiger charge is 2.18. The summed E-state index contributed by atoms with van der Waals surface area (Å²) in [7, 11) is 0. The third kappa shape index (κ3) is 4.35. The molecular formula is C25H29N. The molecule has 134 valence electrons. The van der Waals surface area contributed by atoms with E-state index in [-0.39, 0.29) is 6.04 Å². The van der Waals surface area contributed by atoms with E-state index in [1.165, 1.54) is 41.8 Å². The van der Waals surface area contributed by atoms with Crippen LogP contribution in [0.25, 0.3) is 0 Å². The second-order valence-electron chi connectivity index (χ2n) is 6.76. The molecule has 0 radical (unpaired) electrons. The molecule has 0 heterocycles. The Hall–Kier alpha value is -2.54. The fourth-order valence-electron chi connectivity index (χ4n) is 3.51. The van der Waals surface area contributed by atoms with Gasteiger partial charge in [0.2, 0.25) is 0 Å². The zero-order chi connectivity index (χ0) is 18.2. The molecule has 1 atom stereocenters. The summed E-state index contributed by atoms with van der Waals surface area (Å²) < 4.78 is 0. The van der Waals surface area contributed by atoms with Crippen molar-refractivity contribution < 1.29 is 0 Å². The Morgan fingerprint density at radius 3 is 1.77 bits per heavy atom. The second-order valence-corrected chi connectivity index (χ2v) is 6.76. The number of nitrogens with zero attached hydrogens (tertiary/aromatic N) is 1. The summed E-state index contributed by atoms with van der Waals surface area (Å²) in [5.74, 6) is 0. The van der Waals surface area contributed by atoms with E-state index < -0.39 is 0 Å². The van der Waals surface area contributed by atoms with E-state index in [4.69, 9.17) is 0 Å². The molecule has 0 saturated carbocycles. The monoisotopic (exact) mass is 343 g/mol. The van der Waals surface area contributed by atoms with E-state index in [1.54, 1.807) is 0 Å². The molecule has 2 aromatic rings. The molecule has 26 heavy (non-hydrogen) atoms. The number of para-hydroxylation sites is 2. The van der Waals surface area contributed by atoms with Crippen molar-refractivity contribution in [2.24, 2.45) is 0 Å². The summed E-state index contributed by atoms with van der Waals surface area (Å²) in [4.78, 5) is 2.41. The Labute approximate surface area is 158 Å². The third-order valence-corrected chi connectivity index (χ3v) is 4.95. The number of hydrogen-bond donors (Lipinski definition) is 0. The van der Waals surface area contributed by atoms with Gasteiger partial charge >= 0.3 is 0 Å². The topological polar surface area (TPSA) is 3.24 Å². The van der Waals surface area contributed by atoms with Crippen molar-refractivity contribution in [2.45, 2.75) is 45.6 Å². The average molecular weight is 344 g/mol. The average Bonchev–Trinajstić information content (AvgIpc) is 2.90. The van der Waals surface area contributed by atoms with Crippen molar-refractivity contribution in [2.75, 3.05) is 4.90 Å². The van der Waals surface area contributed by atoms with Crippen molar-refractivity contribution in [1.29, 1.82) is 0 Å². The molecule has 1 unspecified atom stereocenters. The van der Waals surface area contributed by atoms with E-state index >= 15 is 0 Å². The fourth-order valence-corrected chi connectivity index (χ4v) is 3.51. The second kappa shape index (κ2) is 9.24. The Bertz CT molecular complexity index is 729. The summed E-state index contributed by atoms with van der Waals surface area (Å²) in [6, 6.07) is 21.5. The molecule has 0 aromatic heterocycles. The van der Waals surface area contributed by atoms with Crippen molar-refractivity contribution in [3.8, 4) is 0 Å². The Morgan fingerprint density at radius 1 is 0.731 bits per heavy atom. The fraction of sp³-hybridized carbons (Fsp3) is 0.280. The molecule has 0 spiro atoms. The first-order valence-electron chi connectivity index (χ1n) is 9.81. The van der Waals surface area contributed by atoms with Crippen molar-refractivity contribution in [3.05, 3.63) is 96.1 Å². The standard InChI is InChI=1S/C25H29N/c1-3-5-12-22-18-20-25(19-17-21(22)4-2)26(23-13-8-6-9-14-23)24-15-10-7-11-16-24/h6-11,13-20,25H,3-5,12H2,1-2H3. The van der Waals surface area contributed by atoms with Gasteiger partial charge in [-0.3, -0.25) is 0 Å².